The van der Waals surface area contributed by atoms with E-state index in [1.807, 2.05) is 11.4 Å². The van der Waals surface area contributed by atoms with Crippen molar-refractivity contribution in [1.29, 1.82) is 0 Å². The first-order chi connectivity index (χ1) is 5.79. The van der Waals surface area contributed by atoms with Crippen molar-refractivity contribution >= 4 is 28.4 Å². The fourth-order valence-electron chi connectivity index (χ4n) is 1.07. The van der Waals surface area contributed by atoms with Crippen molar-refractivity contribution in [3.8, 4) is 0 Å². The third-order valence-electron chi connectivity index (χ3n) is 1.62. The minimum Gasteiger partial charge on any atom is -0.478 e. The molecule has 4 heteroatoms. The molecule has 3 nitrogen and oxygen atoms in total. The maximum Gasteiger partial charge on any atom is 0.337 e. The number of rotatable bonds is 1. The lowest BCUT2D eigenvalue weighted by Gasteiger charge is -1.93. The quantitative estimate of drug-likeness (QED) is 0.728. The Hall–Kier alpha value is -1.42. The van der Waals surface area contributed by atoms with E-state index in [1.54, 1.807) is 12.1 Å². The van der Waals surface area contributed by atoms with Gasteiger partial charge in [0.05, 0.1) is 11.1 Å². The molecule has 1 aromatic heterocycles. The lowest BCUT2D eigenvalue weighted by Crippen LogP contribution is -1.96. The van der Waals surface area contributed by atoms with Gasteiger partial charge in [-0.2, -0.15) is 4.37 Å². The molecular formula is C8H5NO2S. The molecule has 60 valence electrons. The van der Waals surface area contributed by atoms with E-state index in [9.17, 15) is 4.79 Å². The number of carboxylic acids is 1. The number of aromatic nitrogens is 1. The summed E-state index contributed by atoms with van der Waals surface area (Å²) in [5.41, 5.74) is 0.851. The highest BCUT2D eigenvalue weighted by Gasteiger charge is 2.08. The average Bonchev–Trinajstić information content (AvgIpc) is 2.49. The molecule has 0 aliphatic rings. The Morgan fingerprint density at radius 1 is 1.50 bits per heavy atom. The third-order valence-corrected chi connectivity index (χ3v) is 2.27. The summed E-state index contributed by atoms with van der Waals surface area (Å²) in [7, 11) is 0. The molecule has 0 amide bonds. The molecule has 0 unspecified atom stereocenters. The summed E-state index contributed by atoms with van der Waals surface area (Å²) in [6, 6.07) is 5.13. The molecule has 0 bridgehead atoms. The molecule has 0 spiro atoms. The molecule has 1 heterocycles. The van der Waals surface area contributed by atoms with Gasteiger partial charge in [0.25, 0.3) is 0 Å². The second-order valence-corrected chi connectivity index (χ2v) is 2.99. The number of benzene rings is 1. The van der Waals surface area contributed by atoms with Crippen molar-refractivity contribution in [2.24, 2.45) is 0 Å². The molecule has 1 aromatic carbocycles. The predicted molar refractivity (Wildman–Crippen MR) is 46.6 cm³/mol. The van der Waals surface area contributed by atoms with Gasteiger partial charge in [-0.05, 0) is 17.6 Å². The number of hydrogen-bond donors (Lipinski definition) is 1. The van der Waals surface area contributed by atoms with Crippen molar-refractivity contribution in [2.75, 3.05) is 0 Å². The zero-order chi connectivity index (χ0) is 8.55. The second kappa shape index (κ2) is 2.57. The van der Waals surface area contributed by atoms with Gasteiger partial charge in [-0.3, -0.25) is 0 Å². The van der Waals surface area contributed by atoms with Crippen LogP contribution in [0.15, 0.2) is 23.6 Å². The van der Waals surface area contributed by atoms with Gasteiger partial charge < -0.3 is 5.11 Å². The summed E-state index contributed by atoms with van der Waals surface area (Å²) in [6.45, 7) is 0. The number of fused-ring (bicyclic) bond motifs is 1. The predicted octanol–water partition coefficient (Wildman–Crippen LogP) is 1.99. The summed E-state index contributed by atoms with van der Waals surface area (Å²) in [5, 5.41) is 11.5. The van der Waals surface area contributed by atoms with Crippen molar-refractivity contribution in [1.82, 2.24) is 4.37 Å². The number of carboxylic acid groups (broad SMARTS) is 1. The van der Waals surface area contributed by atoms with Gasteiger partial charge >= 0.3 is 5.97 Å². The summed E-state index contributed by atoms with van der Waals surface area (Å²) in [5.74, 6) is -0.925. The minimum absolute atomic E-state index is 0.272. The first kappa shape index (κ1) is 7.24. The van der Waals surface area contributed by atoms with Crippen molar-refractivity contribution in [3.63, 3.8) is 0 Å². The van der Waals surface area contributed by atoms with E-state index in [4.69, 9.17) is 5.11 Å². The number of carbonyl (C=O) groups is 1. The molecule has 0 atom stereocenters. The largest absolute Gasteiger partial charge is 0.478 e. The standard InChI is InChI=1S/C8H5NO2S/c10-8(11)6-3-1-2-5-4-12-9-7(5)6/h1-4H,(H,10,11). The summed E-state index contributed by atoms with van der Waals surface area (Å²) in [6.07, 6.45) is 0. The molecular weight excluding hydrogens is 174 g/mol. The Balaban J connectivity index is 2.82. The van der Waals surface area contributed by atoms with Crippen LogP contribution >= 0.6 is 11.5 Å². The molecule has 0 saturated carbocycles. The zero-order valence-corrected chi connectivity index (χ0v) is 6.84. The van der Waals surface area contributed by atoms with E-state index in [2.05, 4.69) is 4.37 Å². The van der Waals surface area contributed by atoms with Crippen LogP contribution in [-0.4, -0.2) is 15.4 Å². The molecule has 0 aliphatic carbocycles. The molecule has 2 aromatic rings. The molecule has 0 radical (unpaired) electrons. The molecule has 0 fully saturated rings. The summed E-state index contributed by atoms with van der Waals surface area (Å²) < 4.78 is 4.00. The Kier molecular flexibility index (Phi) is 1.55. The van der Waals surface area contributed by atoms with Crippen LogP contribution in [0, 0.1) is 0 Å². The van der Waals surface area contributed by atoms with Gasteiger partial charge in [-0.25, -0.2) is 4.79 Å². The van der Waals surface area contributed by atoms with Gasteiger partial charge in [-0.1, -0.05) is 12.1 Å². The highest BCUT2D eigenvalue weighted by atomic mass is 32.1. The van der Waals surface area contributed by atoms with E-state index >= 15 is 0 Å². The average molecular weight is 179 g/mol. The highest BCUT2D eigenvalue weighted by Crippen LogP contribution is 2.18. The Bertz CT molecular complexity index is 435. The van der Waals surface area contributed by atoms with E-state index in [-0.39, 0.29) is 5.56 Å². The second-order valence-electron chi connectivity index (χ2n) is 2.36. The highest BCUT2D eigenvalue weighted by molar-refractivity contribution is 7.04. The van der Waals surface area contributed by atoms with Gasteiger partial charge in [0.15, 0.2) is 0 Å². The first-order valence-electron chi connectivity index (χ1n) is 3.35. The fourth-order valence-corrected chi connectivity index (χ4v) is 1.73. The van der Waals surface area contributed by atoms with E-state index < -0.39 is 5.97 Å². The van der Waals surface area contributed by atoms with Crippen molar-refractivity contribution in [3.05, 3.63) is 29.1 Å². The van der Waals surface area contributed by atoms with Crippen LogP contribution in [0.5, 0.6) is 0 Å². The summed E-state index contributed by atoms with van der Waals surface area (Å²) >= 11 is 1.27. The maximum absolute atomic E-state index is 10.7. The van der Waals surface area contributed by atoms with Crippen LogP contribution in [0.4, 0.5) is 0 Å². The summed E-state index contributed by atoms with van der Waals surface area (Å²) in [4.78, 5) is 10.7. The zero-order valence-electron chi connectivity index (χ0n) is 6.02. The van der Waals surface area contributed by atoms with E-state index in [1.165, 1.54) is 11.5 Å². The SMILES string of the molecule is O=C(O)c1cccc2csnc12. The Morgan fingerprint density at radius 2 is 2.33 bits per heavy atom. The van der Waals surface area contributed by atoms with Crippen LogP contribution in [0.3, 0.4) is 0 Å². The molecule has 2 rings (SSSR count). The normalized spacial score (nSPS) is 10.3. The number of nitrogens with zero attached hydrogens (tertiary/aromatic N) is 1. The van der Waals surface area contributed by atoms with Gasteiger partial charge in [0.2, 0.25) is 0 Å². The van der Waals surface area contributed by atoms with Crippen molar-refractivity contribution < 1.29 is 9.90 Å². The van der Waals surface area contributed by atoms with Gasteiger partial charge in [0, 0.05) is 10.8 Å². The topological polar surface area (TPSA) is 50.2 Å². The number of aromatic carboxylic acids is 1. The van der Waals surface area contributed by atoms with E-state index in [0.717, 1.165) is 5.39 Å². The lowest BCUT2D eigenvalue weighted by molar-refractivity contribution is 0.0699. The minimum atomic E-state index is -0.925. The third kappa shape index (κ3) is 0.967. The maximum atomic E-state index is 10.7. The van der Waals surface area contributed by atoms with Crippen LogP contribution in [0.1, 0.15) is 10.4 Å². The van der Waals surface area contributed by atoms with Gasteiger partial charge in [0.1, 0.15) is 0 Å². The van der Waals surface area contributed by atoms with Gasteiger partial charge in [-0.15, -0.1) is 0 Å². The lowest BCUT2D eigenvalue weighted by atomic mass is 10.1. The number of hydrogen-bond acceptors (Lipinski definition) is 3. The first-order valence-corrected chi connectivity index (χ1v) is 4.19. The van der Waals surface area contributed by atoms with Crippen LogP contribution in [0.2, 0.25) is 0 Å². The van der Waals surface area contributed by atoms with Crippen LogP contribution in [-0.2, 0) is 0 Å². The van der Waals surface area contributed by atoms with E-state index in [0.29, 0.717) is 5.52 Å². The van der Waals surface area contributed by atoms with Crippen molar-refractivity contribution in [2.45, 2.75) is 0 Å². The monoisotopic (exact) mass is 179 g/mol. The molecule has 0 aliphatic heterocycles. The fraction of sp³-hybridized carbons (Fsp3) is 0. The Morgan fingerprint density at radius 3 is 3.08 bits per heavy atom. The van der Waals surface area contributed by atoms with Crippen LogP contribution < -0.4 is 0 Å². The van der Waals surface area contributed by atoms with Crippen LogP contribution in [0.25, 0.3) is 10.9 Å². The molecule has 12 heavy (non-hydrogen) atoms. The molecule has 0 saturated heterocycles. The Labute approximate surface area is 72.4 Å². The molecule has 1 N–H and O–H groups in total. The smallest absolute Gasteiger partial charge is 0.337 e.